The molecule has 2 rings (SSSR count). The summed E-state index contributed by atoms with van der Waals surface area (Å²) in [5.41, 5.74) is 1.18. The molecule has 0 spiro atoms. The lowest BCUT2D eigenvalue weighted by Crippen LogP contribution is -2.56. The van der Waals surface area contributed by atoms with Crippen molar-refractivity contribution in [2.24, 2.45) is 5.41 Å². The lowest BCUT2D eigenvalue weighted by atomic mass is 9.85. The Kier molecular flexibility index (Phi) is 7.07. The van der Waals surface area contributed by atoms with E-state index in [1.165, 1.54) is 0 Å². The quantitative estimate of drug-likeness (QED) is 0.814. The molecule has 5 nitrogen and oxygen atoms in total. The number of ether oxygens (including phenoxy) is 1. The zero-order chi connectivity index (χ0) is 19.2. The summed E-state index contributed by atoms with van der Waals surface area (Å²) in [6.45, 7) is 14.9. The van der Waals surface area contributed by atoms with Crippen LogP contribution in [0.4, 0.5) is 4.79 Å². The molecule has 1 aliphatic rings. The number of benzene rings is 1. The summed E-state index contributed by atoms with van der Waals surface area (Å²) in [4.78, 5) is 15.0. The van der Waals surface area contributed by atoms with Gasteiger partial charge in [0.2, 0.25) is 0 Å². The van der Waals surface area contributed by atoms with Gasteiger partial charge in [0.15, 0.2) is 0 Å². The summed E-state index contributed by atoms with van der Waals surface area (Å²) in [5.74, 6) is 0. The van der Waals surface area contributed by atoms with E-state index in [9.17, 15) is 4.79 Å². The number of nitrogens with one attached hydrogen (secondary N) is 2. The van der Waals surface area contributed by atoms with Crippen LogP contribution in [0.3, 0.4) is 0 Å². The number of morpholine rings is 1. The van der Waals surface area contributed by atoms with Crippen molar-refractivity contribution in [2.75, 3.05) is 32.8 Å². The first kappa shape index (κ1) is 20.7. The zero-order valence-corrected chi connectivity index (χ0v) is 17.0. The summed E-state index contributed by atoms with van der Waals surface area (Å²) in [7, 11) is 0. The molecule has 0 saturated carbocycles. The summed E-state index contributed by atoms with van der Waals surface area (Å²) in [6, 6.07) is 10.1. The second kappa shape index (κ2) is 8.87. The van der Waals surface area contributed by atoms with Crippen molar-refractivity contribution < 1.29 is 9.53 Å². The molecule has 1 fully saturated rings. The molecule has 1 aliphatic heterocycles. The summed E-state index contributed by atoms with van der Waals surface area (Å²) in [6.07, 6.45) is 0.886. The van der Waals surface area contributed by atoms with Gasteiger partial charge >= 0.3 is 6.03 Å². The smallest absolute Gasteiger partial charge is 0.315 e. The SMILES string of the molecule is CC(C)(C)CC(NC(=O)NCC(C)(C)N1CCOCC1)c1ccccc1. The number of urea groups is 1. The van der Waals surface area contributed by atoms with E-state index in [1.807, 2.05) is 18.2 Å². The van der Waals surface area contributed by atoms with Gasteiger partial charge in [0.05, 0.1) is 19.3 Å². The van der Waals surface area contributed by atoms with Gasteiger partial charge in [-0.15, -0.1) is 0 Å². The minimum atomic E-state index is -0.107. The highest BCUT2D eigenvalue weighted by molar-refractivity contribution is 5.74. The first-order valence-electron chi connectivity index (χ1n) is 9.59. The van der Waals surface area contributed by atoms with Gasteiger partial charge in [-0.05, 0) is 31.2 Å². The Balaban J connectivity index is 1.94. The molecule has 26 heavy (non-hydrogen) atoms. The Morgan fingerprint density at radius 1 is 1.12 bits per heavy atom. The number of nitrogens with zero attached hydrogens (tertiary/aromatic N) is 1. The first-order valence-corrected chi connectivity index (χ1v) is 9.59. The minimum absolute atomic E-state index is 0.00250. The van der Waals surface area contributed by atoms with Gasteiger partial charge in [-0.1, -0.05) is 51.1 Å². The average Bonchev–Trinajstić information content (AvgIpc) is 2.60. The highest BCUT2D eigenvalue weighted by Gasteiger charge is 2.29. The highest BCUT2D eigenvalue weighted by Crippen LogP contribution is 2.29. The van der Waals surface area contributed by atoms with Crippen molar-refractivity contribution in [1.82, 2.24) is 15.5 Å². The predicted octanol–water partition coefficient (Wildman–Crippen LogP) is 3.57. The summed E-state index contributed by atoms with van der Waals surface area (Å²) < 4.78 is 5.43. The predicted molar refractivity (Wildman–Crippen MR) is 106 cm³/mol. The number of carbonyl (C=O) groups excluding carboxylic acids is 1. The van der Waals surface area contributed by atoms with Crippen LogP contribution >= 0.6 is 0 Å². The van der Waals surface area contributed by atoms with E-state index in [1.54, 1.807) is 0 Å². The number of hydrogen-bond acceptors (Lipinski definition) is 3. The third kappa shape index (κ3) is 6.61. The van der Waals surface area contributed by atoms with Crippen LogP contribution in [0.25, 0.3) is 0 Å². The summed E-state index contributed by atoms with van der Waals surface area (Å²) >= 11 is 0. The molecule has 1 atom stereocenters. The molecule has 0 radical (unpaired) electrons. The Labute approximate surface area is 158 Å². The van der Waals surface area contributed by atoms with Gasteiger partial charge in [-0.3, -0.25) is 4.90 Å². The maximum absolute atomic E-state index is 12.6. The Bertz CT molecular complexity index is 560. The first-order chi connectivity index (χ1) is 12.2. The van der Waals surface area contributed by atoms with Crippen LogP contribution in [-0.2, 0) is 4.74 Å². The molecular formula is C21H35N3O2. The van der Waals surface area contributed by atoms with E-state index in [0.717, 1.165) is 38.3 Å². The maximum atomic E-state index is 12.6. The molecule has 1 saturated heterocycles. The highest BCUT2D eigenvalue weighted by atomic mass is 16.5. The van der Waals surface area contributed by atoms with E-state index >= 15 is 0 Å². The van der Waals surface area contributed by atoms with Gasteiger partial charge in [-0.2, -0.15) is 0 Å². The number of hydrogen-bond donors (Lipinski definition) is 2. The Morgan fingerprint density at radius 3 is 2.31 bits per heavy atom. The topological polar surface area (TPSA) is 53.6 Å². The van der Waals surface area contributed by atoms with E-state index in [2.05, 4.69) is 62.3 Å². The third-order valence-electron chi connectivity index (χ3n) is 4.87. The number of carbonyl (C=O) groups is 1. The van der Waals surface area contributed by atoms with Gasteiger partial charge in [-0.25, -0.2) is 4.79 Å². The molecule has 146 valence electrons. The molecule has 0 bridgehead atoms. The monoisotopic (exact) mass is 361 g/mol. The van der Waals surface area contributed by atoms with Crippen molar-refractivity contribution in [1.29, 1.82) is 0 Å². The lowest BCUT2D eigenvalue weighted by Gasteiger charge is -2.41. The van der Waals surface area contributed by atoms with Crippen LogP contribution in [0.15, 0.2) is 30.3 Å². The fourth-order valence-electron chi connectivity index (χ4n) is 3.34. The minimum Gasteiger partial charge on any atom is -0.379 e. The average molecular weight is 362 g/mol. The number of amides is 2. The zero-order valence-electron chi connectivity index (χ0n) is 17.0. The van der Waals surface area contributed by atoms with Gasteiger partial charge in [0.25, 0.3) is 0 Å². The van der Waals surface area contributed by atoms with Crippen molar-refractivity contribution in [3.8, 4) is 0 Å². The third-order valence-corrected chi connectivity index (χ3v) is 4.87. The van der Waals surface area contributed by atoms with E-state index < -0.39 is 0 Å². The second-order valence-corrected chi connectivity index (χ2v) is 8.97. The molecule has 1 unspecified atom stereocenters. The molecule has 1 aromatic carbocycles. The van der Waals surface area contributed by atoms with E-state index in [-0.39, 0.29) is 23.0 Å². The van der Waals surface area contributed by atoms with Crippen molar-refractivity contribution in [3.63, 3.8) is 0 Å². The molecular weight excluding hydrogens is 326 g/mol. The number of rotatable bonds is 6. The van der Waals surface area contributed by atoms with Crippen LogP contribution in [0.1, 0.15) is 52.6 Å². The lowest BCUT2D eigenvalue weighted by molar-refractivity contribution is -0.00877. The van der Waals surface area contributed by atoms with Crippen LogP contribution in [0.5, 0.6) is 0 Å². The molecule has 1 aromatic rings. The van der Waals surface area contributed by atoms with Crippen molar-refractivity contribution >= 4 is 6.03 Å². The van der Waals surface area contributed by atoms with Crippen LogP contribution in [0, 0.1) is 5.41 Å². The molecule has 2 N–H and O–H groups in total. The van der Waals surface area contributed by atoms with Gasteiger partial charge in [0, 0.05) is 25.2 Å². The van der Waals surface area contributed by atoms with Crippen LogP contribution < -0.4 is 10.6 Å². The van der Waals surface area contributed by atoms with Gasteiger partial charge in [0.1, 0.15) is 0 Å². The summed E-state index contributed by atoms with van der Waals surface area (Å²) in [5, 5.41) is 6.25. The van der Waals surface area contributed by atoms with Gasteiger partial charge < -0.3 is 15.4 Å². The second-order valence-electron chi connectivity index (χ2n) is 8.97. The molecule has 0 aromatic heterocycles. The fourth-order valence-corrected chi connectivity index (χ4v) is 3.34. The normalized spacial score (nSPS) is 17.6. The van der Waals surface area contributed by atoms with Crippen molar-refractivity contribution in [2.45, 2.75) is 52.6 Å². The van der Waals surface area contributed by atoms with Crippen LogP contribution in [0.2, 0.25) is 0 Å². The van der Waals surface area contributed by atoms with E-state index in [4.69, 9.17) is 4.74 Å². The molecule has 0 aliphatic carbocycles. The maximum Gasteiger partial charge on any atom is 0.315 e. The van der Waals surface area contributed by atoms with E-state index in [0.29, 0.717) is 6.54 Å². The molecule has 1 heterocycles. The Hall–Kier alpha value is -1.59. The Morgan fingerprint density at radius 2 is 1.73 bits per heavy atom. The van der Waals surface area contributed by atoms with Crippen molar-refractivity contribution in [3.05, 3.63) is 35.9 Å². The van der Waals surface area contributed by atoms with Crippen LogP contribution in [-0.4, -0.2) is 49.3 Å². The standard InChI is InChI=1S/C21H35N3O2/c1-20(2,3)15-18(17-9-7-6-8-10-17)23-19(25)22-16-21(4,5)24-11-13-26-14-12-24/h6-10,18H,11-16H2,1-5H3,(H2,22,23,25). The fraction of sp³-hybridized carbons (Fsp3) is 0.667. The molecule has 2 amide bonds. The molecule has 5 heteroatoms. The largest absolute Gasteiger partial charge is 0.379 e.